The van der Waals surface area contributed by atoms with Crippen LogP contribution in [-0.2, 0) is 6.18 Å². The average Bonchev–Trinajstić information content (AvgIpc) is 2.51. The predicted octanol–water partition coefficient (Wildman–Crippen LogP) is 3.14. The molecule has 0 aliphatic carbocycles. The number of piperidine rings is 1. The van der Waals surface area contributed by atoms with Crippen molar-refractivity contribution >= 4 is 29.9 Å². The fourth-order valence-corrected chi connectivity index (χ4v) is 2.36. The first-order valence-electron chi connectivity index (χ1n) is 7.58. The van der Waals surface area contributed by atoms with Gasteiger partial charge in [-0.15, -0.1) is 24.0 Å². The first-order chi connectivity index (χ1) is 10.9. The van der Waals surface area contributed by atoms with Crippen LogP contribution in [0.2, 0.25) is 0 Å². The van der Waals surface area contributed by atoms with Gasteiger partial charge in [0.15, 0.2) is 5.96 Å². The van der Waals surface area contributed by atoms with E-state index in [4.69, 9.17) is 10.5 Å². The van der Waals surface area contributed by atoms with Crippen LogP contribution in [0.5, 0.6) is 5.88 Å². The average molecular weight is 458 g/mol. The largest absolute Gasteiger partial charge is 0.475 e. The lowest BCUT2D eigenvalue weighted by Gasteiger charge is -2.31. The standard InChI is InChI=1S/C15H21F3N4O.HI/c1-11-4-8-22(9-5-11)14(19)21-7-10-23-13-12(15(16,17)18)3-2-6-20-13;/h2-3,6,11H,4-5,7-10H2,1H3,(H2,19,21);1H. The van der Waals surface area contributed by atoms with E-state index in [9.17, 15) is 13.2 Å². The van der Waals surface area contributed by atoms with E-state index in [0.29, 0.717) is 11.9 Å². The molecular formula is C15H22F3IN4O. The third-order valence-electron chi connectivity index (χ3n) is 3.79. The van der Waals surface area contributed by atoms with E-state index in [-0.39, 0.29) is 37.1 Å². The highest BCUT2D eigenvalue weighted by atomic mass is 127. The van der Waals surface area contributed by atoms with Crippen molar-refractivity contribution in [3.8, 4) is 5.88 Å². The summed E-state index contributed by atoms with van der Waals surface area (Å²) >= 11 is 0. The SMILES string of the molecule is CC1CCN(C(N)=NCCOc2ncccc2C(F)(F)F)CC1.I. The van der Waals surface area contributed by atoms with Gasteiger partial charge < -0.3 is 15.4 Å². The minimum Gasteiger partial charge on any atom is -0.475 e. The van der Waals surface area contributed by atoms with E-state index in [1.807, 2.05) is 4.90 Å². The maximum atomic E-state index is 12.8. The summed E-state index contributed by atoms with van der Waals surface area (Å²) in [7, 11) is 0. The zero-order chi connectivity index (χ0) is 16.9. The van der Waals surface area contributed by atoms with E-state index >= 15 is 0 Å². The number of nitrogens with zero attached hydrogens (tertiary/aromatic N) is 3. The van der Waals surface area contributed by atoms with Gasteiger partial charge >= 0.3 is 6.18 Å². The molecule has 0 saturated carbocycles. The van der Waals surface area contributed by atoms with Crippen LogP contribution in [0.4, 0.5) is 13.2 Å². The lowest BCUT2D eigenvalue weighted by atomic mass is 10.00. The minimum absolute atomic E-state index is 0. The summed E-state index contributed by atoms with van der Waals surface area (Å²) in [4.78, 5) is 9.78. The summed E-state index contributed by atoms with van der Waals surface area (Å²) in [5.41, 5.74) is 5.01. The van der Waals surface area contributed by atoms with Crippen molar-refractivity contribution in [1.82, 2.24) is 9.88 Å². The highest BCUT2D eigenvalue weighted by molar-refractivity contribution is 14.0. The second kappa shape index (κ2) is 9.28. The van der Waals surface area contributed by atoms with E-state index in [2.05, 4.69) is 16.9 Å². The molecule has 2 rings (SSSR count). The Kier molecular flexibility index (Phi) is 8.04. The van der Waals surface area contributed by atoms with Gasteiger partial charge in [-0.25, -0.2) is 9.98 Å². The molecule has 2 heterocycles. The zero-order valence-corrected chi connectivity index (χ0v) is 15.8. The number of pyridine rings is 1. The van der Waals surface area contributed by atoms with Crippen molar-refractivity contribution in [3.63, 3.8) is 0 Å². The summed E-state index contributed by atoms with van der Waals surface area (Å²) < 4.78 is 43.5. The quantitative estimate of drug-likeness (QED) is 0.326. The molecule has 0 radical (unpaired) electrons. The molecule has 136 valence electrons. The monoisotopic (exact) mass is 458 g/mol. The van der Waals surface area contributed by atoms with Crippen LogP contribution in [0.3, 0.4) is 0 Å². The van der Waals surface area contributed by atoms with Crippen LogP contribution in [0.1, 0.15) is 25.3 Å². The molecular weight excluding hydrogens is 436 g/mol. The fraction of sp³-hybridized carbons (Fsp3) is 0.600. The molecule has 0 bridgehead atoms. The van der Waals surface area contributed by atoms with Crippen LogP contribution in [0.25, 0.3) is 0 Å². The maximum absolute atomic E-state index is 12.8. The molecule has 0 amide bonds. The number of ether oxygens (including phenoxy) is 1. The number of likely N-dealkylation sites (tertiary alicyclic amines) is 1. The van der Waals surface area contributed by atoms with E-state index in [1.54, 1.807) is 0 Å². The lowest BCUT2D eigenvalue weighted by Crippen LogP contribution is -2.42. The molecule has 1 aliphatic heterocycles. The molecule has 9 heteroatoms. The fourth-order valence-electron chi connectivity index (χ4n) is 2.36. The first kappa shape index (κ1) is 20.8. The smallest absolute Gasteiger partial charge is 0.421 e. The van der Waals surface area contributed by atoms with Gasteiger partial charge in [0, 0.05) is 19.3 Å². The predicted molar refractivity (Wildman–Crippen MR) is 96.6 cm³/mol. The lowest BCUT2D eigenvalue weighted by molar-refractivity contribution is -0.139. The first-order valence-corrected chi connectivity index (χ1v) is 7.58. The van der Waals surface area contributed by atoms with Crippen molar-refractivity contribution in [3.05, 3.63) is 23.9 Å². The Bertz CT molecular complexity index is 546. The molecule has 5 nitrogen and oxygen atoms in total. The Labute approximate surface area is 156 Å². The Morgan fingerprint density at radius 1 is 1.42 bits per heavy atom. The van der Waals surface area contributed by atoms with E-state index < -0.39 is 17.6 Å². The number of nitrogens with two attached hydrogens (primary N) is 1. The van der Waals surface area contributed by atoms with Crippen LogP contribution in [-0.4, -0.2) is 42.1 Å². The third-order valence-corrected chi connectivity index (χ3v) is 3.79. The molecule has 1 saturated heterocycles. The summed E-state index contributed by atoms with van der Waals surface area (Å²) in [6, 6.07) is 2.16. The zero-order valence-electron chi connectivity index (χ0n) is 13.4. The number of guanidine groups is 1. The normalized spacial score (nSPS) is 16.7. The highest BCUT2D eigenvalue weighted by Gasteiger charge is 2.34. The van der Waals surface area contributed by atoms with Crippen LogP contribution in [0.15, 0.2) is 23.3 Å². The van der Waals surface area contributed by atoms with E-state index in [1.165, 1.54) is 12.3 Å². The Hall–Kier alpha value is -1.26. The van der Waals surface area contributed by atoms with Crippen LogP contribution in [0, 0.1) is 5.92 Å². The van der Waals surface area contributed by atoms with Gasteiger partial charge in [-0.2, -0.15) is 13.2 Å². The third kappa shape index (κ3) is 5.99. The molecule has 1 aromatic rings. The molecule has 0 spiro atoms. The van der Waals surface area contributed by atoms with Gasteiger partial charge in [-0.05, 0) is 30.9 Å². The molecule has 1 fully saturated rings. The molecule has 24 heavy (non-hydrogen) atoms. The Morgan fingerprint density at radius 2 is 2.08 bits per heavy atom. The van der Waals surface area contributed by atoms with Crippen molar-refractivity contribution in [2.45, 2.75) is 25.9 Å². The summed E-state index contributed by atoms with van der Waals surface area (Å²) in [5.74, 6) is 0.672. The Balaban J connectivity index is 0.00000288. The van der Waals surface area contributed by atoms with Crippen LogP contribution < -0.4 is 10.5 Å². The van der Waals surface area contributed by atoms with Crippen LogP contribution >= 0.6 is 24.0 Å². The number of halogens is 4. The Morgan fingerprint density at radius 3 is 2.71 bits per heavy atom. The maximum Gasteiger partial charge on any atom is 0.421 e. The molecule has 2 N–H and O–H groups in total. The second-order valence-electron chi connectivity index (χ2n) is 5.61. The van der Waals surface area contributed by atoms with Crippen molar-refractivity contribution < 1.29 is 17.9 Å². The van der Waals surface area contributed by atoms with Gasteiger partial charge in [0.1, 0.15) is 12.2 Å². The van der Waals surface area contributed by atoms with Gasteiger partial charge in [-0.1, -0.05) is 6.92 Å². The molecule has 1 aliphatic rings. The highest BCUT2D eigenvalue weighted by Crippen LogP contribution is 2.34. The van der Waals surface area contributed by atoms with Crippen molar-refractivity contribution in [1.29, 1.82) is 0 Å². The number of aromatic nitrogens is 1. The molecule has 0 unspecified atom stereocenters. The van der Waals surface area contributed by atoms with Gasteiger partial charge in [0.25, 0.3) is 0 Å². The number of alkyl halides is 3. The topological polar surface area (TPSA) is 63.7 Å². The minimum atomic E-state index is -4.49. The number of aliphatic imine (C=N–C) groups is 1. The molecule has 1 aromatic heterocycles. The summed E-state index contributed by atoms with van der Waals surface area (Å²) in [6.07, 6.45) is -1.10. The van der Waals surface area contributed by atoms with Crippen molar-refractivity contribution in [2.24, 2.45) is 16.6 Å². The number of rotatable bonds is 4. The summed E-state index contributed by atoms with van der Waals surface area (Å²) in [5, 5.41) is 0. The van der Waals surface area contributed by atoms with Gasteiger partial charge in [-0.3, -0.25) is 0 Å². The molecule has 0 aromatic carbocycles. The van der Waals surface area contributed by atoms with E-state index in [0.717, 1.165) is 32.0 Å². The number of hydrogen-bond donors (Lipinski definition) is 1. The van der Waals surface area contributed by atoms with Gasteiger partial charge in [0.05, 0.1) is 6.54 Å². The summed E-state index contributed by atoms with van der Waals surface area (Å²) in [6.45, 7) is 4.09. The molecule has 0 atom stereocenters. The number of hydrogen-bond acceptors (Lipinski definition) is 3. The van der Waals surface area contributed by atoms with Gasteiger partial charge in [0.2, 0.25) is 5.88 Å². The second-order valence-corrected chi connectivity index (χ2v) is 5.61. The van der Waals surface area contributed by atoms with Crippen molar-refractivity contribution in [2.75, 3.05) is 26.2 Å².